The number of aromatic nitrogens is 6. The van der Waals surface area contributed by atoms with Crippen LogP contribution in [0.1, 0.15) is 22.4 Å². The van der Waals surface area contributed by atoms with Crippen LogP contribution in [0.25, 0.3) is 22.4 Å². The average molecular weight is 573 g/mol. The molecule has 0 fully saturated rings. The fraction of sp³-hybridized carbons (Fsp3) is 0.148. The van der Waals surface area contributed by atoms with Crippen molar-refractivity contribution in [2.24, 2.45) is 0 Å². The van der Waals surface area contributed by atoms with Gasteiger partial charge in [-0.25, -0.2) is 33.6 Å². The number of rotatable bonds is 6. The lowest BCUT2D eigenvalue weighted by Crippen LogP contribution is -2.17. The number of anilines is 1. The molecule has 5 aromatic rings. The first-order valence-corrected chi connectivity index (χ1v) is 13.7. The van der Waals surface area contributed by atoms with Gasteiger partial charge in [-0.3, -0.25) is 4.52 Å². The van der Waals surface area contributed by atoms with Gasteiger partial charge in [0.15, 0.2) is 18.4 Å². The fourth-order valence-corrected chi connectivity index (χ4v) is 4.64. The second-order valence-electron chi connectivity index (χ2n) is 9.06. The van der Waals surface area contributed by atoms with E-state index in [0.717, 1.165) is 16.0 Å². The summed E-state index contributed by atoms with van der Waals surface area (Å²) in [5.41, 5.74) is 3.66. The van der Waals surface area contributed by atoms with Crippen molar-refractivity contribution >= 4 is 24.7 Å². The Hall–Kier alpha value is -4.73. The van der Waals surface area contributed by atoms with Crippen molar-refractivity contribution in [1.82, 2.24) is 29.7 Å². The largest absolute Gasteiger partial charge is 0.497 e. The molecule has 0 bridgehead atoms. The molecular weight excluding hydrogens is 552 g/mol. The standard InChI is InChI=1S/C27H21FN7O5P/c1-39-22-5-3-18-13-34(14-19(18)12-22)27-30-9-7-24(32-27)26-29-8-6-21(31-26)4-2-17-10-20-15-35(16-40-41(36,37)38)33-25(20)23(28)11-17/h3,5-12,15H,13-14,16H2,1H3,(H2,36,37,38). The van der Waals surface area contributed by atoms with E-state index in [0.29, 0.717) is 47.2 Å². The number of phosphoric acid groups is 1. The Bertz CT molecular complexity index is 1900. The van der Waals surface area contributed by atoms with E-state index in [9.17, 15) is 8.96 Å². The molecule has 0 unspecified atom stereocenters. The molecule has 2 aromatic carbocycles. The van der Waals surface area contributed by atoms with Crippen LogP contribution in [0.15, 0.2) is 61.1 Å². The number of ether oxygens (including phenoxy) is 1. The van der Waals surface area contributed by atoms with E-state index < -0.39 is 20.4 Å². The Labute approximate surface area is 232 Å². The van der Waals surface area contributed by atoms with Crippen LogP contribution in [-0.2, 0) is 28.9 Å². The maximum atomic E-state index is 14.6. The summed E-state index contributed by atoms with van der Waals surface area (Å²) in [5.74, 6) is 6.89. The van der Waals surface area contributed by atoms with E-state index in [1.165, 1.54) is 17.8 Å². The molecule has 0 spiro atoms. The van der Waals surface area contributed by atoms with Gasteiger partial charge in [0, 0.05) is 42.6 Å². The predicted molar refractivity (Wildman–Crippen MR) is 145 cm³/mol. The van der Waals surface area contributed by atoms with Gasteiger partial charge in [0.2, 0.25) is 5.95 Å². The number of benzene rings is 2. The molecule has 206 valence electrons. The molecule has 0 atom stereocenters. The van der Waals surface area contributed by atoms with E-state index in [-0.39, 0.29) is 5.52 Å². The lowest BCUT2D eigenvalue weighted by molar-refractivity contribution is 0.146. The summed E-state index contributed by atoms with van der Waals surface area (Å²) in [6.07, 6.45) is 4.64. The van der Waals surface area contributed by atoms with Gasteiger partial charge in [-0.15, -0.1) is 0 Å². The molecule has 12 nitrogen and oxygen atoms in total. The van der Waals surface area contributed by atoms with Crippen molar-refractivity contribution in [3.05, 3.63) is 89.3 Å². The van der Waals surface area contributed by atoms with Gasteiger partial charge in [-0.1, -0.05) is 12.0 Å². The van der Waals surface area contributed by atoms with Crippen LogP contribution in [-0.4, -0.2) is 46.6 Å². The summed E-state index contributed by atoms with van der Waals surface area (Å²) >= 11 is 0. The van der Waals surface area contributed by atoms with Crippen molar-refractivity contribution < 1.29 is 28.0 Å². The van der Waals surface area contributed by atoms with Crippen LogP contribution < -0.4 is 9.64 Å². The Kier molecular flexibility index (Phi) is 6.90. The molecule has 0 saturated heterocycles. The number of nitrogens with zero attached hydrogens (tertiary/aromatic N) is 7. The van der Waals surface area contributed by atoms with Gasteiger partial charge in [0.05, 0.1) is 7.11 Å². The van der Waals surface area contributed by atoms with E-state index in [2.05, 4.69) is 46.3 Å². The molecule has 0 radical (unpaired) electrons. The molecular formula is C27H21FN7O5P. The lowest BCUT2D eigenvalue weighted by Gasteiger charge is -2.15. The van der Waals surface area contributed by atoms with Crippen LogP contribution in [0.5, 0.6) is 5.75 Å². The number of methoxy groups -OCH3 is 1. The SMILES string of the molecule is COc1ccc2c(c1)CN(c1nccc(-c3nccc(C#Cc4cc(F)c5nn(COP(=O)(O)O)cc5c4)n3)n1)C2. The Morgan fingerprint density at radius 2 is 1.85 bits per heavy atom. The first-order valence-electron chi connectivity index (χ1n) is 12.2. The summed E-state index contributed by atoms with van der Waals surface area (Å²) in [6.45, 7) is 0.790. The first kappa shape index (κ1) is 26.5. The van der Waals surface area contributed by atoms with Crippen LogP contribution in [0.2, 0.25) is 0 Å². The third-order valence-corrected chi connectivity index (χ3v) is 6.70. The Morgan fingerprint density at radius 1 is 1.02 bits per heavy atom. The lowest BCUT2D eigenvalue weighted by atomic mass is 10.1. The number of phosphoric ester groups is 1. The third kappa shape index (κ3) is 5.91. The number of halogens is 1. The first-order chi connectivity index (χ1) is 19.7. The Morgan fingerprint density at radius 3 is 2.68 bits per heavy atom. The quantitative estimate of drug-likeness (QED) is 0.227. The summed E-state index contributed by atoms with van der Waals surface area (Å²) < 4.78 is 36.4. The Balaban J connectivity index is 1.21. The molecule has 1 aliphatic heterocycles. The molecule has 0 aliphatic carbocycles. The summed E-state index contributed by atoms with van der Waals surface area (Å²) in [5, 5.41) is 4.35. The highest BCUT2D eigenvalue weighted by Crippen LogP contribution is 2.36. The van der Waals surface area contributed by atoms with Crippen LogP contribution >= 0.6 is 7.82 Å². The molecule has 1 aliphatic rings. The average Bonchev–Trinajstić information content (AvgIpc) is 3.59. The van der Waals surface area contributed by atoms with Gasteiger partial charge < -0.3 is 19.4 Å². The topological polar surface area (TPSA) is 149 Å². The minimum absolute atomic E-state index is 0.0222. The zero-order valence-corrected chi connectivity index (χ0v) is 22.4. The van der Waals surface area contributed by atoms with Crippen molar-refractivity contribution in [3.8, 4) is 29.1 Å². The highest BCUT2D eigenvalue weighted by atomic mass is 31.2. The third-order valence-electron chi connectivity index (χ3n) is 6.25. The van der Waals surface area contributed by atoms with Crippen LogP contribution in [0, 0.1) is 17.7 Å². The normalized spacial score (nSPS) is 12.7. The predicted octanol–water partition coefficient (Wildman–Crippen LogP) is 3.42. The van der Waals surface area contributed by atoms with E-state index >= 15 is 0 Å². The van der Waals surface area contributed by atoms with Gasteiger partial charge in [0.1, 0.15) is 22.7 Å². The van der Waals surface area contributed by atoms with Gasteiger partial charge in [0.25, 0.3) is 0 Å². The minimum Gasteiger partial charge on any atom is -0.497 e. The van der Waals surface area contributed by atoms with Gasteiger partial charge in [-0.05, 0) is 53.4 Å². The highest BCUT2D eigenvalue weighted by molar-refractivity contribution is 7.46. The molecule has 4 heterocycles. The monoisotopic (exact) mass is 573 g/mol. The van der Waals surface area contributed by atoms with E-state index in [1.54, 1.807) is 37.7 Å². The molecule has 2 N–H and O–H groups in total. The van der Waals surface area contributed by atoms with E-state index in [4.69, 9.17) is 14.5 Å². The highest BCUT2D eigenvalue weighted by Gasteiger charge is 2.22. The number of fused-ring (bicyclic) bond motifs is 2. The number of hydrogen-bond acceptors (Lipinski definition) is 9. The zero-order valence-electron chi connectivity index (χ0n) is 21.5. The second kappa shape index (κ2) is 10.7. The maximum Gasteiger partial charge on any atom is 0.471 e. The maximum absolute atomic E-state index is 14.6. The van der Waals surface area contributed by atoms with Gasteiger partial charge >= 0.3 is 7.82 Å². The molecule has 41 heavy (non-hydrogen) atoms. The second-order valence-corrected chi connectivity index (χ2v) is 10.3. The summed E-state index contributed by atoms with van der Waals surface area (Å²) in [7, 11) is -3.05. The van der Waals surface area contributed by atoms with Crippen LogP contribution in [0.3, 0.4) is 0 Å². The minimum atomic E-state index is -4.69. The van der Waals surface area contributed by atoms with Gasteiger partial charge in [-0.2, -0.15) is 5.10 Å². The molecule has 0 saturated carbocycles. The van der Waals surface area contributed by atoms with Crippen molar-refractivity contribution in [1.29, 1.82) is 0 Å². The van der Waals surface area contributed by atoms with Crippen molar-refractivity contribution in [2.45, 2.75) is 19.8 Å². The number of hydrogen-bond donors (Lipinski definition) is 2. The molecule has 3 aromatic heterocycles. The smallest absolute Gasteiger partial charge is 0.471 e. The van der Waals surface area contributed by atoms with E-state index in [1.807, 2.05) is 18.2 Å². The summed E-state index contributed by atoms with van der Waals surface area (Å²) in [6, 6.07) is 12.2. The fourth-order valence-electron chi connectivity index (χ4n) is 4.37. The van der Waals surface area contributed by atoms with Crippen LogP contribution in [0.4, 0.5) is 10.3 Å². The zero-order chi connectivity index (χ0) is 28.6. The molecule has 14 heteroatoms. The summed E-state index contributed by atoms with van der Waals surface area (Å²) in [4.78, 5) is 37.8. The molecule has 6 rings (SSSR count). The van der Waals surface area contributed by atoms with Crippen molar-refractivity contribution in [3.63, 3.8) is 0 Å². The molecule has 0 amide bonds. The van der Waals surface area contributed by atoms with Crippen molar-refractivity contribution in [2.75, 3.05) is 12.0 Å².